The van der Waals surface area contributed by atoms with E-state index >= 15 is 0 Å². The minimum atomic E-state index is 0.0926. The summed E-state index contributed by atoms with van der Waals surface area (Å²) in [5.41, 5.74) is 3.10. The van der Waals surface area contributed by atoms with Crippen molar-refractivity contribution in [2.45, 2.75) is 51.0 Å². The van der Waals surface area contributed by atoms with Gasteiger partial charge in [-0.3, -0.25) is 4.90 Å². The molecule has 0 radical (unpaired) electrons. The first-order valence-corrected chi connectivity index (χ1v) is 8.01. The first-order valence-electron chi connectivity index (χ1n) is 8.01. The van der Waals surface area contributed by atoms with Gasteiger partial charge >= 0.3 is 0 Å². The highest BCUT2D eigenvalue weighted by molar-refractivity contribution is 5.45. The molecule has 3 fully saturated rings. The van der Waals surface area contributed by atoms with E-state index in [0.29, 0.717) is 0 Å². The third-order valence-corrected chi connectivity index (χ3v) is 5.56. The predicted molar refractivity (Wildman–Crippen MR) is 81.4 cm³/mol. The molecule has 108 valence electrons. The molecule has 0 N–H and O–H groups in total. The molecule has 2 bridgehead atoms. The van der Waals surface area contributed by atoms with E-state index in [4.69, 9.17) is 4.74 Å². The molecule has 4 heterocycles. The van der Waals surface area contributed by atoms with Gasteiger partial charge in [0.25, 0.3) is 0 Å². The van der Waals surface area contributed by atoms with Gasteiger partial charge in [-0.2, -0.15) is 0 Å². The van der Waals surface area contributed by atoms with Crippen LogP contribution in [0.3, 0.4) is 0 Å². The fourth-order valence-electron chi connectivity index (χ4n) is 4.28. The molecule has 4 aliphatic heterocycles. The summed E-state index contributed by atoms with van der Waals surface area (Å²) in [5, 5.41) is 0. The molecule has 0 aromatic heterocycles. The van der Waals surface area contributed by atoms with E-state index in [2.05, 4.69) is 43.9 Å². The summed E-state index contributed by atoms with van der Waals surface area (Å²) in [6, 6.07) is 6.90. The SMILES string of the molecule is CC(C)(C)c1ccc2c(c1)OC1(C2)CN2CCC1CC2. The molecule has 1 aromatic carbocycles. The molecule has 2 heteroatoms. The van der Waals surface area contributed by atoms with Gasteiger partial charge in [-0.1, -0.05) is 32.9 Å². The van der Waals surface area contributed by atoms with Crippen LogP contribution >= 0.6 is 0 Å². The lowest BCUT2D eigenvalue weighted by Gasteiger charge is -2.50. The van der Waals surface area contributed by atoms with Crippen molar-refractivity contribution in [2.24, 2.45) is 5.92 Å². The van der Waals surface area contributed by atoms with Crippen LogP contribution in [0.4, 0.5) is 0 Å². The molecular weight excluding hydrogens is 246 g/mol. The fraction of sp³-hybridized carbons (Fsp3) is 0.667. The molecule has 0 saturated carbocycles. The van der Waals surface area contributed by atoms with Gasteiger partial charge in [-0.05, 0) is 48.5 Å². The topological polar surface area (TPSA) is 12.5 Å². The summed E-state index contributed by atoms with van der Waals surface area (Å²) in [7, 11) is 0. The van der Waals surface area contributed by atoms with Crippen LogP contribution in [0.5, 0.6) is 5.75 Å². The van der Waals surface area contributed by atoms with Gasteiger partial charge in [0.1, 0.15) is 11.4 Å². The summed E-state index contributed by atoms with van der Waals surface area (Å²) < 4.78 is 6.56. The maximum Gasteiger partial charge on any atom is 0.129 e. The zero-order valence-corrected chi connectivity index (χ0v) is 12.9. The van der Waals surface area contributed by atoms with Crippen molar-refractivity contribution in [3.8, 4) is 5.75 Å². The summed E-state index contributed by atoms with van der Waals surface area (Å²) >= 11 is 0. The molecule has 5 rings (SSSR count). The standard InChI is InChI=1S/C18H25NO/c1-17(2,3)15-5-4-13-11-18(20-16(13)10-15)12-19-8-6-14(18)7-9-19/h4-5,10,14H,6-9,11-12H2,1-3H3. The van der Waals surface area contributed by atoms with E-state index in [1.54, 1.807) is 0 Å². The van der Waals surface area contributed by atoms with Gasteiger partial charge in [0.15, 0.2) is 0 Å². The van der Waals surface area contributed by atoms with Crippen LogP contribution in [0.1, 0.15) is 44.7 Å². The van der Waals surface area contributed by atoms with Gasteiger partial charge in [0.2, 0.25) is 0 Å². The van der Waals surface area contributed by atoms with E-state index in [9.17, 15) is 0 Å². The highest BCUT2D eigenvalue weighted by Crippen LogP contribution is 2.47. The Morgan fingerprint density at radius 2 is 1.95 bits per heavy atom. The first-order chi connectivity index (χ1) is 9.46. The molecule has 20 heavy (non-hydrogen) atoms. The average Bonchev–Trinajstić information content (AvgIpc) is 2.75. The van der Waals surface area contributed by atoms with Gasteiger partial charge in [0.05, 0.1) is 0 Å². The zero-order valence-electron chi connectivity index (χ0n) is 12.9. The number of fused-ring (bicyclic) bond motifs is 3. The zero-order chi connectivity index (χ0) is 14.0. The third kappa shape index (κ3) is 1.81. The van der Waals surface area contributed by atoms with Gasteiger partial charge in [-0.15, -0.1) is 0 Å². The van der Waals surface area contributed by atoms with Gasteiger partial charge in [0, 0.05) is 18.9 Å². The van der Waals surface area contributed by atoms with Crippen LogP contribution in [0.2, 0.25) is 0 Å². The van der Waals surface area contributed by atoms with Crippen molar-refractivity contribution in [3.05, 3.63) is 29.3 Å². The number of nitrogens with zero attached hydrogens (tertiary/aromatic N) is 1. The van der Waals surface area contributed by atoms with Crippen molar-refractivity contribution in [1.29, 1.82) is 0 Å². The Bertz CT molecular complexity index is 537. The van der Waals surface area contributed by atoms with Crippen molar-refractivity contribution in [3.63, 3.8) is 0 Å². The monoisotopic (exact) mass is 271 g/mol. The number of piperidine rings is 3. The van der Waals surface area contributed by atoms with Crippen LogP contribution in [0.15, 0.2) is 18.2 Å². The number of ether oxygens (including phenoxy) is 1. The average molecular weight is 271 g/mol. The van der Waals surface area contributed by atoms with E-state index in [1.807, 2.05) is 0 Å². The lowest BCUT2D eigenvalue weighted by Crippen LogP contribution is -2.61. The second-order valence-corrected chi connectivity index (χ2v) is 7.97. The Labute approximate surface area is 122 Å². The smallest absolute Gasteiger partial charge is 0.129 e. The Balaban J connectivity index is 1.67. The Morgan fingerprint density at radius 1 is 1.20 bits per heavy atom. The van der Waals surface area contributed by atoms with Crippen LogP contribution in [-0.2, 0) is 11.8 Å². The highest BCUT2D eigenvalue weighted by atomic mass is 16.5. The predicted octanol–water partition coefficient (Wildman–Crippen LogP) is 3.38. The molecule has 1 unspecified atom stereocenters. The van der Waals surface area contributed by atoms with Gasteiger partial charge in [-0.25, -0.2) is 0 Å². The molecule has 0 aliphatic carbocycles. The normalized spacial score (nSPS) is 35.1. The van der Waals surface area contributed by atoms with Crippen LogP contribution in [0.25, 0.3) is 0 Å². The largest absolute Gasteiger partial charge is 0.485 e. The number of benzene rings is 1. The quantitative estimate of drug-likeness (QED) is 0.717. The molecule has 3 saturated heterocycles. The van der Waals surface area contributed by atoms with E-state index < -0.39 is 0 Å². The summed E-state index contributed by atoms with van der Waals surface area (Å²) in [6.45, 7) is 10.5. The number of hydrogen-bond donors (Lipinski definition) is 0. The maximum atomic E-state index is 6.56. The van der Waals surface area contributed by atoms with Crippen molar-refractivity contribution in [2.75, 3.05) is 19.6 Å². The molecule has 2 nitrogen and oxygen atoms in total. The fourth-order valence-corrected chi connectivity index (χ4v) is 4.28. The maximum absolute atomic E-state index is 6.56. The second-order valence-electron chi connectivity index (χ2n) is 7.97. The lowest BCUT2D eigenvalue weighted by atomic mass is 9.73. The van der Waals surface area contributed by atoms with E-state index in [0.717, 1.165) is 24.6 Å². The van der Waals surface area contributed by atoms with Crippen molar-refractivity contribution in [1.82, 2.24) is 4.90 Å². The lowest BCUT2D eigenvalue weighted by molar-refractivity contribution is -0.0798. The summed E-state index contributed by atoms with van der Waals surface area (Å²) in [4.78, 5) is 2.59. The van der Waals surface area contributed by atoms with E-state index in [-0.39, 0.29) is 11.0 Å². The molecule has 1 atom stereocenters. The highest BCUT2D eigenvalue weighted by Gasteiger charge is 2.51. The molecule has 0 amide bonds. The van der Waals surface area contributed by atoms with E-state index in [1.165, 1.54) is 37.1 Å². The molecule has 4 aliphatic rings. The number of hydrogen-bond acceptors (Lipinski definition) is 2. The van der Waals surface area contributed by atoms with Crippen LogP contribution < -0.4 is 4.74 Å². The minimum Gasteiger partial charge on any atom is -0.485 e. The summed E-state index contributed by atoms with van der Waals surface area (Å²) in [6.07, 6.45) is 3.76. The first kappa shape index (κ1) is 12.7. The van der Waals surface area contributed by atoms with Crippen molar-refractivity contribution >= 4 is 0 Å². The summed E-state index contributed by atoms with van der Waals surface area (Å²) in [5.74, 6) is 1.92. The second kappa shape index (κ2) is 4.00. The Kier molecular flexibility index (Phi) is 2.54. The Morgan fingerprint density at radius 3 is 2.55 bits per heavy atom. The van der Waals surface area contributed by atoms with Gasteiger partial charge < -0.3 is 4.74 Å². The van der Waals surface area contributed by atoms with Crippen molar-refractivity contribution < 1.29 is 4.74 Å². The van der Waals surface area contributed by atoms with Crippen LogP contribution in [0, 0.1) is 5.92 Å². The molecule has 1 spiro atoms. The van der Waals surface area contributed by atoms with Crippen LogP contribution in [-0.4, -0.2) is 30.1 Å². The molecular formula is C18H25NO. The number of rotatable bonds is 0. The Hall–Kier alpha value is -1.02. The molecule has 1 aromatic rings. The third-order valence-electron chi connectivity index (χ3n) is 5.56. The minimum absolute atomic E-state index is 0.0926.